The number of benzene rings is 1. The molecule has 1 N–H and O–H groups in total. The molecule has 1 unspecified atom stereocenters. The Hall–Kier alpha value is -1.87. The number of ether oxygens (including phenoxy) is 1. The summed E-state index contributed by atoms with van der Waals surface area (Å²) in [5.74, 6) is 1.00. The van der Waals surface area contributed by atoms with Crippen molar-refractivity contribution in [3.63, 3.8) is 0 Å². The van der Waals surface area contributed by atoms with Crippen LogP contribution in [-0.2, 0) is 6.54 Å². The molecule has 2 heterocycles. The lowest BCUT2D eigenvalue weighted by Gasteiger charge is -2.38. The van der Waals surface area contributed by atoms with Crippen molar-refractivity contribution in [1.29, 1.82) is 0 Å². The molecule has 1 aliphatic heterocycles. The van der Waals surface area contributed by atoms with E-state index in [9.17, 15) is 0 Å². The molecule has 1 aromatic carbocycles. The molecule has 2 aromatic rings. The molecule has 0 saturated heterocycles. The van der Waals surface area contributed by atoms with Gasteiger partial charge in [0, 0.05) is 30.8 Å². The lowest BCUT2D eigenvalue weighted by atomic mass is 9.89. The summed E-state index contributed by atoms with van der Waals surface area (Å²) in [6.45, 7) is 7.16. The summed E-state index contributed by atoms with van der Waals surface area (Å²) in [6, 6.07) is 12.8. The zero-order valence-corrected chi connectivity index (χ0v) is 12.9. The van der Waals surface area contributed by atoms with Crippen molar-refractivity contribution in [1.82, 2.24) is 10.3 Å². The van der Waals surface area contributed by atoms with Crippen LogP contribution in [0.25, 0.3) is 0 Å². The number of rotatable bonds is 3. The van der Waals surface area contributed by atoms with Gasteiger partial charge in [-0.3, -0.25) is 4.98 Å². The average Bonchev–Trinajstić information content (AvgIpc) is 2.44. The minimum absolute atomic E-state index is 0.150. The summed E-state index contributed by atoms with van der Waals surface area (Å²) < 4.78 is 6.13. The van der Waals surface area contributed by atoms with Crippen molar-refractivity contribution in [3.8, 4) is 5.75 Å². The van der Waals surface area contributed by atoms with Crippen molar-refractivity contribution in [2.45, 2.75) is 45.4 Å². The number of pyridine rings is 1. The van der Waals surface area contributed by atoms with Gasteiger partial charge in [-0.25, -0.2) is 0 Å². The smallest absolute Gasteiger partial charge is 0.125 e. The highest BCUT2D eigenvalue weighted by Gasteiger charge is 2.33. The van der Waals surface area contributed by atoms with Crippen molar-refractivity contribution >= 4 is 0 Å². The Kier molecular flexibility index (Phi) is 3.68. The summed E-state index contributed by atoms with van der Waals surface area (Å²) in [4.78, 5) is 4.38. The fourth-order valence-corrected chi connectivity index (χ4v) is 2.87. The molecule has 1 aromatic heterocycles. The molecule has 3 rings (SSSR count). The lowest BCUT2D eigenvalue weighted by molar-refractivity contribution is 0.0656. The average molecular weight is 282 g/mol. The Labute approximate surface area is 126 Å². The zero-order valence-electron chi connectivity index (χ0n) is 12.9. The Bertz CT molecular complexity index is 622. The van der Waals surface area contributed by atoms with E-state index in [1.54, 1.807) is 0 Å². The van der Waals surface area contributed by atoms with Gasteiger partial charge in [0.05, 0.1) is 5.69 Å². The molecule has 3 heteroatoms. The summed E-state index contributed by atoms with van der Waals surface area (Å²) in [5, 5.41) is 3.63. The number of aromatic nitrogens is 1. The van der Waals surface area contributed by atoms with Crippen molar-refractivity contribution < 1.29 is 4.74 Å². The van der Waals surface area contributed by atoms with Gasteiger partial charge in [0.1, 0.15) is 11.4 Å². The predicted molar refractivity (Wildman–Crippen MR) is 84.3 cm³/mol. The molecule has 3 nitrogen and oxygen atoms in total. The fourth-order valence-electron chi connectivity index (χ4n) is 2.87. The van der Waals surface area contributed by atoms with E-state index in [0.29, 0.717) is 6.04 Å². The molecule has 0 fully saturated rings. The molecule has 0 amide bonds. The first kappa shape index (κ1) is 14.1. The van der Waals surface area contributed by atoms with Gasteiger partial charge in [-0.05, 0) is 44.5 Å². The SMILES string of the molecule is Cc1ccc2c(c1)OC(C)(C)CC2NCc1ccccn1. The molecular formula is C18H22N2O. The van der Waals surface area contributed by atoms with Gasteiger partial charge in [-0.15, -0.1) is 0 Å². The number of hydrogen-bond donors (Lipinski definition) is 1. The second kappa shape index (κ2) is 5.49. The van der Waals surface area contributed by atoms with E-state index in [2.05, 4.69) is 49.3 Å². The van der Waals surface area contributed by atoms with Gasteiger partial charge in [-0.2, -0.15) is 0 Å². The predicted octanol–water partition coefficient (Wildman–Crippen LogP) is 3.78. The zero-order chi connectivity index (χ0) is 14.9. The molecule has 1 aliphatic rings. The minimum Gasteiger partial charge on any atom is -0.487 e. The van der Waals surface area contributed by atoms with E-state index < -0.39 is 0 Å². The van der Waals surface area contributed by atoms with Crippen LogP contribution in [0.1, 0.15) is 43.1 Å². The van der Waals surface area contributed by atoms with Crippen molar-refractivity contribution in [3.05, 3.63) is 59.4 Å². The van der Waals surface area contributed by atoms with Gasteiger partial charge >= 0.3 is 0 Å². The molecule has 0 aliphatic carbocycles. The van der Waals surface area contributed by atoms with Crippen LogP contribution >= 0.6 is 0 Å². The summed E-state index contributed by atoms with van der Waals surface area (Å²) in [5.41, 5.74) is 3.39. The van der Waals surface area contributed by atoms with Crippen LogP contribution in [0.4, 0.5) is 0 Å². The van der Waals surface area contributed by atoms with Gasteiger partial charge in [0.2, 0.25) is 0 Å². The topological polar surface area (TPSA) is 34.1 Å². The van der Waals surface area contributed by atoms with Crippen LogP contribution in [0.5, 0.6) is 5.75 Å². The third kappa shape index (κ3) is 3.24. The van der Waals surface area contributed by atoms with Crippen molar-refractivity contribution in [2.75, 3.05) is 0 Å². The van der Waals surface area contributed by atoms with E-state index in [1.165, 1.54) is 11.1 Å². The third-order valence-electron chi connectivity index (χ3n) is 3.88. The highest BCUT2D eigenvalue weighted by molar-refractivity contribution is 5.41. The van der Waals surface area contributed by atoms with Crippen molar-refractivity contribution in [2.24, 2.45) is 0 Å². The third-order valence-corrected chi connectivity index (χ3v) is 3.88. The molecule has 1 atom stereocenters. The Morgan fingerprint density at radius 1 is 1.29 bits per heavy atom. The highest BCUT2D eigenvalue weighted by atomic mass is 16.5. The van der Waals surface area contributed by atoms with E-state index >= 15 is 0 Å². The molecule has 110 valence electrons. The molecule has 21 heavy (non-hydrogen) atoms. The van der Waals surface area contributed by atoms with Crippen LogP contribution in [0.3, 0.4) is 0 Å². The minimum atomic E-state index is -0.150. The molecule has 0 spiro atoms. The number of fused-ring (bicyclic) bond motifs is 1. The van der Waals surface area contributed by atoms with E-state index in [4.69, 9.17) is 4.74 Å². The van der Waals surface area contributed by atoms with Gasteiger partial charge < -0.3 is 10.1 Å². The number of nitrogens with zero attached hydrogens (tertiary/aromatic N) is 1. The van der Waals surface area contributed by atoms with E-state index in [1.807, 2.05) is 24.4 Å². The second-order valence-electron chi connectivity index (χ2n) is 6.36. The second-order valence-corrected chi connectivity index (χ2v) is 6.36. The van der Waals surface area contributed by atoms with Crippen LogP contribution in [0, 0.1) is 6.92 Å². The van der Waals surface area contributed by atoms with Gasteiger partial charge in [-0.1, -0.05) is 18.2 Å². The summed E-state index contributed by atoms with van der Waals surface area (Å²) in [7, 11) is 0. The van der Waals surface area contributed by atoms with E-state index in [0.717, 1.165) is 24.4 Å². The molecule has 0 saturated carbocycles. The maximum Gasteiger partial charge on any atom is 0.125 e. The molecule has 0 radical (unpaired) electrons. The number of hydrogen-bond acceptors (Lipinski definition) is 3. The maximum absolute atomic E-state index is 6.13. The summed E-state index contributed by atoms with van der Waals surface area (Å²) >= 11 is 0. The first-order valence-electron chi connectivity index (χ1n) is 7.46. The highest BCUT2D eigenvalue weighted by Crippen LogP contribution is 2.39. The number of aryl methyl sites for hydroxylation is 1. The van der Waals surface area contributed by atoms with Crippen LogP contribution < -0.4 is 10.1 Å². The van der Waals surface area contributed by atoms with Crippen LogP contribution in [-0.4, -0.2) is 10.6 Å². The monoisotopic (exact) mass is 282 g/mol. The quantitative estimate of drug-likeness (QED) is 0.930. The Balaban J connectivity index is 1.82. The summed E-state index contributed by atoms with van der Waals surface area (Å²) in [6.07, 6.45) is 2.79. The largest absolute Gasteiger partial charge is 0.487 e. The Morgan fingerprint density at radius 2 is 2.14 bits per heavy atom. The van der Waals surface area contributed by atoms with Gasteiger partial charge in [0.15, 0.2) is 0 Å². The van der Waals surface area contributed by atoms with Crippen LogP contribution in [0.15, 0.2) is 42.6 Å². The molecule has 0 bridgehead atoms. The molecular weight excluding hydrogens is 260 g/mol. The fraction of sp³-hybridized carbons (Fsp3) is 0.389. The standard InChI is InChI=1S/C18H22N2O/c1-13-7-8-15-16(11-18(2,3)21-17(15)10-13)20-12-14-6-4-5-9-19-14/h4-10,16,20H,11-12H2,1-3H3. The normalized spacial score (nSPS) is 19.7. The van der Waals surface area contributed by atoms with E-state index in [-0.39, 0.29) is 5.60 Å². The lowest BCUT2D eigenvalue weighted by Crippen LogP contribution is -2.39. The first-order valence-corrected chi connectivity index (χ1v) is 7.46. The number of nitrogens with one attached hydrogen (secondary N) is 1. The van der Waals surface area contributed by atoms with Crippen LogP contribution in [0.2, 0.25) is 0 Å². The maximum atomic E-state index is 6.13. The van der Waals surface area contributed by atoms with Gasteiger partial charge in [0.25, 0.3) is 0 Å². The Morgan fingerprint density at radius 3 is 2.90 bits per heavy atom. The first-order chi connectivity index (χ1) is 10.0.